The molecule has 0 unspecified atom stereocenters. The summed E-state index contributed by atoms with van der Waals surface area (Å²) >= 11 is 0. The van der Waals surface area contributed by atoms with E-state index in [1.165, 1.54) is 0 Å². The van der Waals surface area contributed by atoms with Crippen molar-refractivity contribution >= 4 is 22.4 Å². The molecule has 2 rings (SSSR count). The van der Waals surface area contributed by atoms with Crippen molar-refractivity contribution in [2.24, 2.45) is 0 Å². The van der Waals surface area contributed by atoms with Crippen LogP contribution >= 0.6 is 0 Å². The molecule has 86 valence electrons. The van der Waals surface area contributed by atoms with Gasteiger partial charge in [-0.15, -0.1) is 0 Å². The lowest BCUT2D eigenvalue weighted by Crippen LogP contribution is -2.10. The van der Waals surface area contributed by atoms with E-state index in [0.29, 0.717) is 0 Å². The maximum atomic E-state index is 10.6. The van der Waals surface area contributed by atoms with E-state index in [4.69, 9.17) is 5.11 Å². The van der Waals surface area contributed by atoms with Crippen molar-refractivity contribution in [1.82, 2.24) is 0 Å². The molecule has 0 aliphatic rings. The van der Waals surface area contributed by atoms with E-state index in [2.05, 4.69) is 11.9 Å². The summed E-state index contributed by atoms with van der Waals surface area (Å²) in [5, 5.41) is 14.0. The average molecular weight is 227 g/mol. The van der Waals surface area contributed by atoms with Crippen LogP contribution in [0.3, 0.4) is 0 Å². The van der Waals surface area contributed by atoms with Gasteiger partial charge in [0.05, 0.1) is 0 Å². The van der Waals surface area contributed by atoms with Crippen LogP contribution < -0.4 is 5.32 Å². The number of fused-ring (bicyclic) bond motifs is 1. The van der Waals surface area contributed by atoms with Crippen LogP contribution in [0.5, 0.6) is 0 Å². The minimum absolute atomic E-state index is 0.151. The molecule has 0 aromatic heterocycles. The first kappa shape index (κ1) is 11.2. The second-order valence-corrected chi connectivity index (χ2v) is 3.82. The normalized spacial score (nSPS) is 10.1. The summed E-state index contributed by atoms with van der Waals surface area (Å²) in [6, 6.07) is 13.9. The topological polar surface area (TPSA) is 49.3 Å². The molecule has 0 aliphatic carbocycles. The third-order valence-electron chi connectivity index (χ3n) is 2.56. The Morgan fingerprint density at radius 1 is 1.18 bits per heavy atom. The lowest BCUT2D eigenvalue weighted by atomic mass is 10.1. The van der Waals surface area contributed by atoms with Crippen molar-refractivity contribution in [3.63, 3.8) is 0 Å². The summed E-state index contributed by atoms with van der Waals surface area (Å²) in [5.41, 5.74) is 1.05. The van der Waals surface area contributed by atoms with E-state index in [9.17, 15) is 4.79 Å². The number of rotatable bonds is 4. The molecule has 0 saturated carbocycles. The first-order valence-electron chi connectivity index (χ1n) is 5.30. The largest absolute Gasteiger partial charge is 0.478 e. The molecule has 2 aromatic rings. The highest BCUT2D eigenvalue weighted by Crippen LogP contribution is 2.18. The Kier molecular flexibility index (Phi) is 3.10. The highest BCUT2D eigenvalue weighted by molar-refractivity contribution is 5.88. The molecule has 2 N–H and O–H groups in total. The first-order valence-corrected chi connectivity index (χ1v) is 5.30. The SMILES string of the molecule is C=C(CNc1ccc2ccccc2c1)C(=O)O. The van der Waals surface area contributed by atoms with Crippen LogP contribution in [0.25, 0.3) is 10.8 Å². The summed E-state index contributed by atoms with van der Waals surface area (Å²) in [5.74, 6) is -0.974. The van der Waals surface area contributed by atoms with Gasteiger partial charge >= 0.3 is 5.97 Å². The molecule has 2 aromatic carbocycles. The van der Waals surface area contributed by atoms with Crippen molar-refractivity contribution in [3.8, 4) is 0 Å². The van der Waals surface area contributed by atoms with Crippen molar-refractivity contribution in [2.45, 2.75) is 0 Å². The maximum Gasteiger partial charge on any atom is 0.332 e. The number of carboxylic acids is 1. The van der Waals surface area contributed by atoms with Crippen LogP contribution in [0, 0.1) is 0 Å². The second kappa shape index (κ2) is 4.70. The number of carbonyl (C=O) groups is 1. The zero-order valence-electron chi connectivity index (χ0n) is 9.31. The Morgan fingerprint density at radius 3 is 2.59 bits per heavy atom. The van der Waals surface area contributed by atoms with Gasteiger partial charge in [0.25, 0.3) is 0 Å². The summed E-state index contributed by atoms with van der Waals surface area (Å²) in [4.78, 5) is 10.6. The van der Waals surface area contributed by atoms with Gasteiger partial charge in [0, 0.05) is 17.8 Å². The molecule has 0 spiro atoms. The Bertz CT molecular complexity index is 575. The Balaban J connectivity index is 2.14. The number of carboxylic acid groups (broad SMARTS) is 1. The van der Waals surface area contributed by atoms with Gasteiger partial charge in [-0.1, -0.05) is 36.9 Å². The lowest BCUT2D eigenvalue weighted by molar-refractivity contribution is -0.132. The number of anilines is 1. The van der Waals surface area contributed by atoms with Crippen molar-refractivity contribution in [2.75, 3.05) is 11.9 Å². The number of hydrogen-bond acceptors (Lipinski definition) is 2. The highest BCUT2D eigenvalue weighted by Gasteiger charge is 2.03. The monoisotopic (exact) mass is 227 g/mol. The maximum absolute atomic E-state index is 10.6. The average Bonchev–Trinajstić information content (AvgIpc) is 2.35. The predicted octanol–water partition coefficient (Wildman–Crippen LogP) is 2.89. The third-order valence-corrected chi connectivity index (χ3v) is 2.56. The molecule has 0 atom stereocenters. The fourth-order valence-electron chi connectivity index (χ4n) is 1.58. The van der Waals surface area contributed by atoms with Crippen molar-refractivity contribution in [3.05, 3.63) is 54.6 Å². The number of nitrogens with one attached hydrogen (secondary N) is 1. The fraction of sp³-hybridized carbons (Fsp3) is 0.0714. The molecule has 0 heterocycles. The standard InChI is InChI=1S/C14H13NO2/c1-10(14(16)17)9-15-13-7-6-11-4-2-3-5-12(11)8-13/h2-8,15H,1,9H2,(H,16,17). The van der Waals surface area contributed by atoms with Crippen LogP contribution in [0.15, 0.2) is 54.6 Å². The van der Waals surface area contributed by atoms with Crippen LogP contribution in [-0.4, -0.2) is 17.6 Å². The predicted molar refractivity (Wildman–Crippen MR) is 69.2 cm³/mol. The fourth-order valence-corrected chi connectivity index (χ4v) is 1.58. The molecule has 17 heavy (non-hydrogen) atoms. The quantitative estimate of drug-likeness (QED) is 0.789. The summed E-state index contributed by atoms with van der Waals surface area (Å²) in [7, 11) is 0. The minimum Gasteiger partial charge on any atom is -0.478 e. The number of aliphatic carboxylic acids is 1. The molecule has 3 nitrogen and oxygen atoms in total. The molecule has 0 bridgehead atoms. The van der Waals surface area contributed by atoms with Crippen LogP contribution in [-0.2, 0) is 4.79 Å². The molecule has 0 saturated heterocycles. The zero-order valence-corrected chi connectivity index (χ0v) is 9.31. The van der Waals surface area contributed by atoms with Crippen molar-refractivity contribution < 1.29 is 9.90 Å². The first-order chi connectivity index (χ1) is 8.16. The van der Waals surface area contributed by atoms with Gasteiger partial charge in [-0.3, -0.25) is 0 Å². The summed E-state index contributed by atoms with van der Waals surface area (Å²) in [6.07, 6.45) is 0. The van der Waals surface area contributed by atoms with E-state index in [0.717, 1.165) is 16.5 Å². The van der Waals surface area contributed by atoms with Gasteiger partial charge in [0.2, 0.25) is 0 Å². The highest BCUT2D eigenvalue weighted by atomic mass is 16.4. The van der Waals surface area contributed by atoms with Gasteiger partial charge in [-0.2, -0.15) is 0 Å². The molecule has 0 fully saturated rings. The van der Waals surface area contributed by atoms with E-state index in [1.807, 2.05) is 42.5 Å². The molecular weight excluding hydrogens is 214 g/mol. The second-order valence-electron chi connectivity index (χ2n) is 3.82. The smallest absolute Gasteiger partial charge is 0.332 e. The van der Waals surface area contributed by atoms with Crippen LogP contribution in [0.1, 0.15) is 0 Å². The van der Waals surface area contributed by atoms with E-state index < -0.39 is 5.97 Å². The van der Waals surface area contributed by atoms with E-state index in [1.54, 1.807) is 0 Å². The van der Waals surface area contributed by atoms with Gasteiger partial charge in [0.1, 0.15) is 0 Å². The number of benzene rings is 2. The molecule has 0 aliphatic heterocycles. The Morgan fingerprint density at radius 2 is 1.88 bits per heavy atom. The summed E-state index contributed by atoms with van der Waals surface area (Å²) in [6.45, 7) is 3.71. The molecular formula is C14H13NO2. The van der Waals surface area contributed by atoms with Crippen LogP contribution in [0.4, 0.5) is 5.69 Å². The molecule has 0 radical (unpaired) electrons. The third kappa shape index (κ3) is 2.64. The Labute approximate surface area is 99.4 Å². The summed E-state index contributed by atoms with van der Waals surface area (Å²) < 4.78 is 0. The van der Waals surface area contributed by atoms with E-state index >= 15 is 0 Å². The van der Waals surface area contributed by atoms with E-state index in [-0.39, 0.29) is 12.1 Å². The van der Waals surface area contributed by atoms with Gasteiger partial charge in [0.15, 0.2) is 0 Å². The van der Waals surface area contributed by atoms with Crippen molar-refractivity contribution in [1.29, 1.82) is 0 Å². The Hall–Kier alpha value is -2.29. The van der Waals surface area contributed by atoms with Gasteiger partial charge in [-0.25, -0.2) is 4.79 Å². The minimum atomic E-state index is -0.974. The zero-order chi connectivity index (χ0) is 12.3. The number of hydrogen-bond donors (Lipinski definition) is 2. The van der Waals surface area contributed by atoms with Crippen LogP contribution in [0.2, 0.25) is 0 Å². The lowest BCUT2D eigenvalue weighted by Gasteiger charge is -2.07. The van der Waals surface area contributed by atoms with Gasteiger partial charge < -0.3 is 10.4 Å². The molecule has 3 heteroatoms. The molecule has 0 amide bonds. The van der Waals surface area contributed by atoms with Gasteiger partial charge in [-0.05, 0) is 22.9 Å².